The van der Waals surface area contributed by atoms with Crippen molar-refractivity contribution < 1.29 is 9.21 Å². The number of allylic oxidation sites excluding steroid dienone is 1. The van der Waals surface area contributed by atoms with Crippen molar-refractivity contribution in [2.45, 2.75) is 19.9 Å². The molecule has 0 aliphatic carbocycles. The fourth-order valence-electron chi connectivity index (χ4n) is 1.21. The minimum absolute atomic E-state index is 0.0402. The van der Waals surface area contributed by atoms with E-state index in [-0.39, 0.29) is 11.9 Å². The van der Waals surface area contributed by atoms with Crippen LogP contribution >= 0.6 is 11.8 Å². The van der Waals surface area contributed by atoms with Crippen LogP contribution in [0.25, 0.3) is 0 Å². The Bertz CT molecular complexity index is 333. The Morgan fingerprint density at radius 1 is 1.69 bits per heavy atom. The molecule has 0 aromatic carbocycles. The van der Waals surface area contributed by atoms with Gasteiger partial charge in [0.1, 0.15) is 5.76 Å². The van der Waals surface area contributed by atoms with Gasteiger partial charge in [-0.05, 0) is 26.0 Å². The lowest BCUT2D eigenvalue weighted by Crippen LogP contribution is -2.28. The van der Waals surface area contributed by atoms with Gasteiger partial charge in [0.25, 0.3) is 0 Å². The fourth-order valence-corrected chi connectivity index (χ4v) is 1.92. The zero-order chi connectivity index (χ0) is 11.8. The third-order valence-corrected chi connectivity index (χ3v) is 2.92. The van der Waals surface area contributed by atoms with E-state index in [2.05, 4.69) is 5.32 Å². The fraction of sp³-hybridized carbons (Fsp3) is 0.417. The van der Waals surface area contributed by atoms with Crippen molar-refractivity contribution in [2.75, 3.05) is 11.5 Å². The molecule has 0 fully saturated rings. The molecule has 0 radical (unpaired) electrons. The van der Waals surface area contributed by atoms with Crippen molar-refractivity contribution >= 4 is 17.7 Å². The molecular formula is C12H17NO2S. The van der Waals surface area contributed by atoms with E-state index in [1.165, 1.54) is 0 Å². The summed E-state index contributed by atoms with van der Waals surface area (Å²) in [7, 11) is 0. The van der Waals surface area contributed by atoms with E-state index in [1.807, 2.05) is 38.1 Å². The van der Waals surface area contributed by atoms with E-state index >= 15 is 0 Å². The number of amides is 1. The number of hydrogen-bond acceptors (Lipinski definition) is 3. The molecule has 1 rings (SSSR count). The molecule has 3 nitrogen and oxygen atoms in total. The van der Waals surface area contributed by atoms with Crippen LogP contribution in [0.3, 0.4) is 0 Å². The van der Waals surface area contributed by atoms with E-state index < -0.39 is 0 Å². The van der Waals surface area contributed by atoms with Crippen LogP contribution in [0.4, 0.5) is 0 Å². The van der Waals surface area contributed by atoms with Gasteiger partial charge in [-0.25, -0.2) is 0 Å². The molecule has 1 amide bonds. The molecule has 0 aliphatic rings. The van der Waals surface area contributed by atoms with Crippen LogP contribution in [0.5, 0.6) is 0 Å². The third kappa shape index (κ3) is 4.57. The van der Waals surface area contributed by atoms with Gasteiger partial charge in [-0.3, -0.25) is 4.79 Å². The molecule has 88 valence electrons. The van der Waals surface area contributed by atoms with E-state index in [0.29, 0.717) is 5.75 Å². The molecule has 16 heavy (non-hydrogen) atoms. The van der Waals surface area contributed by atoms with Crippen LogP contribution in [0.2, 0.25) is 0 Å². The van der Waals surface area contributed by atoms with Gasteiger partial charge in [-0.15, -0.1) is 11.8 Å². The first-order valence-electron chi connectivity index (χ1n) is 5.25. The Labute approximate surface area is 100 Å². The minimum atomic E-state index is -0.0650. The lowest BCUT2D eigenvalue weighted by molar-refractivity contribution is -0.119. The van der Waals surface area contributed by atoms with Gasteiger partial charge in [0.05, 0.1) is 18.1 Å². The van der Waals surface area contributed by atoms with Gasteiger partial charge in [-0.1, -0.05) is 12.2 Å². The van der Waals surface area contributed by atoms with E-state index in [9.17, 15) is 4.79 Å². The van der Waals surface area contributed by atoms with E-state index in [0.717, 1.165) is 11.5 Å². The summed E-state index contributed by atoms with van der Waals surface area (Å²) >= 11 is 1.60. The Kier molecular flexibility index (Phi) is 5.78. The zero-order valence-electron chi connectivity index (χ0n) is 9.60. The van der Waals surface area contributed by atoms with Gasteiger partial charge in [-0.2, -0.15) is 0 Å². The summed E-state index contributed by atoms with van der Waals surface area (Å²) in [5.74, 6) is 2.18. The number of nitrogens with one attached hydrogen (secondary N) is 1. The summed E-state index contributed by atoms with van der Waals surface area (Å²) in [6.45, 7) is 3.88. The summed E-state index contributed by atoms with van der Waals surface area (Å²) in [5, 5.41) is 2.88. The summed E-state index contributed by atoms with van der Waals surface area (Å²) in [6, 6.07) is 3.61. The lowest BCUT2D eigenvalue weighted by atomic mass is 10.2. The topological polar surface area (TPSA) is 42.2 Å². The first kappa shape index (κ1) is 12.9. The molecule has 1 aromatic heterocycles. The Balaban J connectivity index is 2.24. The number of carbonyl (C=O) groups is 1. The maximum atomic E-state index is 11.5. The number of rotatable bonds is 6. The highest BCUT2D eigenvalue weighted by molar-refractivity contribution is 8.00. The summed E-state index contributed by atoms with van der Waals surface area (Å²) < 4.78 is 5.21. The quantitative estimate of drug-likeness (QED) is 0.613. The second kappa shape index (κ2) is 7.17. The molecule has 1 N–H and O–H groups in total. The smallest absolute Gasteiger partial charge is 0.230 e. The van der Waals surface area contributed by atoms with Gasteiger partial charge < -0.3 is 9.73 Å². The second-order valence-electron chi connectivity index (χ2n) is 3.39. The second-order valence-corrected chi connectivity index (χ2v) is 4.42. The van der Waals surface area contributed by atoms with Gasteiger partial charge >= 0.3 is 0 Å². The molecule has 0 aliphatic heterocycles. The summed E-state index contributed by atoms with van der Waals surface area (Å²) in [6.07, 6.45) is 5.63. The number of thioether (sulfide) groups is 1. The van der Waals surface area contributed by atoms with Crippen molar-refractivity contribution in [3.05, 3.63) is 36.3 Å². The van der Waals surface area contributed by atoms with Crippen LogP contribution in [0, 0.1) is 0 Å². The molecular weight excluding hydrogens is 222 g/mol. The summed E-state index contributed by atoms with van der Waals surface area (Å²) in [5.41, 5.74) is 0. The highest BCUT2D eigenvalue weighted by Gasteiger charge is 2.10. The first-order chi connectivity index (χ1) is 7.74. The third-order valence-electron chi connectivity index (χ3n) is 2.03. The maximum Gasteiger partial charge on any atom is 0.230 e. The van der Waals surface area contributed by atoms with Crippen molar-refractivity contribution in [1.82, 2.24) is 5.32 Å². The van der Waals surface area contributed by atoms with E-state index in [4.69, 9.17) is 4.42 Å². The molecule has 0 bridgehead atoms. The molecule has 1 aromatic rings. The number of hydrogen-bond donors (Lipinski definition) is 1. The maximum absolute atomic E-state index is 11.5. The Morgan fingerprint density at radius 2 is 2.50 bits per heavy atom. The minimum Gasteiger partial charge on any atom is -0.467 e. The lowest BCUT2D eigenvalue weighted by Gasteiger charge is -2.10. The average Bonchev–Trinajstić information content (AvgIpc) is 2.77. The van der Waals surface area contributed by atoms with Crippen LogP contribution in [-0.4, -0.2) is 17.4 Å². The SMILES string of the molecule is CC=CCSCC(=O)NC(C)c1ccco1. The predicted octanol–water partition coefficient (Wildman–Crippen LogP) is 2.77. The molecule has 1 atom stereocenters. The van der Waals surface area contributed by atoms with Gasteiger partial charge in [0.15, 0.2) is 0 Å². The van der Waals surface area contributed by atoms with Crippen molar-refractivity contribution in [1.29, 1.82) is 0 Å². The van der Waals surface area contributed by atoms with Gasteiger partial charge in [0.2, 0.25) is 5.91 Å². The average molecular weight is 239 g/mol. The largest absolute Gasteiger partial charge is 0.467 e. The Morgan fingerprint density at radius 3 is 3.12 bits per heavy atom. The Hall–Kier alpha value is -1.16. The van der Waals surface area contributed by atoms with Crippen molar-refractivity contribution in [3.8, 4) is 0 Å². The molecule has 0 saturated heterocycles. The molecule has 1 heterocycles. The number of furan rings is 1. The molecule has 1 unspecified atom stereocenters. The summed E-state index contributed by atoms with van der Waals surface area (Å²) in [4.78, 5) is 11.5. The standard InChI is InChI=1S/C12H17NO2S/c1-3-4-8-16-9-12(14)13-10(2)11-6-5-7-15-11/h3-7,10H,8-9H2,1-2H3,(H,13,14). The molecule has 0 spiro atoms. The highest BCUT2D eigenvalue weighted by Crippen LogP contribution is 2.12. The van der Waals surface area contributed by atoms with Crippen LogP contribution in [0.1, 0.15) is 25.6 Å². The monoisotopic (exact) mass is 239 g/mol. The zero-order valence-corrected chi connectivity index (χ0v) is 10.4. The van der Waals surface area contributed by atoms with Crippen LogP contribution in [-0.2, 0) is 4.79 Å². The molecule has 0 saturated carbocycles. The van der Waals surface area contributed by atoms with Crippen molar-refractivity contribution in [3.63, 3.8) is 0 Å². The van der Waals surface area contributed by atoms with Crippen molar-refractivity contribution in [2.24, 2.45) is 0 Å². The van der Waals surface area contributed by atoms with Crippen LogP contribution in [0.15, 0.2) is 35.0 Å². The predicted molar refractivity (Wildman–Crippen MR) is 67.4 cm³/mol. The molecule has 4 heteroatoms. The normalized spacial score (nSPS) is 12.9. The first-order valence-corrected chi connectivity index (χ1v) is 6.41. The number of carbonyl (C=O) groups excluding carboxylic acids is 1. The van der Waals surface area contributed by atoms with Gasteiger partial charge in [0, 0.05) is 5.75 Å². The van der Waals surface area contributed by atoms with E-state index in [1.54, 1.807) is 18.0 Å². The van der Waals surface area contributed by atoms with Crippen LogP contribution < -0.4 is 5.32 Å². The highest BCUT2D eigenvalue weighted by atomic mass is 32.2.